The lowest BCUT2D eigenvalue weighted by molar-refractivity contribution is -0.147. The van der Waals surface area contributed by atoms with E-state index in [1.165, 1.54) is 0 Å². The van der Waals surface area contributed by atoms with E-state index in [0.29, 0.717) is 15.8 Å². The molecule has 0 saturated heterocycles. The predicted molar refractivity (Wildman–Crippen MR) is 95.7 cm³/mol. The van der Waals surface area contributed by atoms with Gasteiger partial charge in [-0.05, 0) is 40.6 Å². The van der Waals surface area contributed by atoms with Crippen molar-refractivity contribution in [1.29, 1.82) is 0 Å². The minimum absolute atomic E-state index is 0.122. The highest BCUT2D eigenvalue weighted by Gasteiger charge is 2.07. The maximum Gasteiger partial charge on any atom is 0.344 e. The number of hydrogen-bond donors (Lipinski definition) is 0. The zero-order chi connectivity index (χ0) is 16.9. The first-order valence-electron chi connectivity index (χ1n) is 7.33. The summed E-state index contributed by atoms with van der Waals surface area (Å²) in [6.07, 6.45) is 0. The van der Waals surface area contributed by atoms with Gasteiger partial charge >= 0.3 is 5.97 Å². The molecule has 0 unspecified atom stereocenters. The van der Waals surface area contributed by atoms with E-state index in [9.17, 15) is 4.79 Å². The lowest BCUT2D eigenvalue weighted by Crippen LogP contribution is -2.14. The highest BCUT2D eigenvalue weighted by molar-refractivity contribution is 6.42. The largest absolute Gasteiger partial charge is 0.482 e. The predicted octanol–water partition coefficient (Wildman–Crippen LogP) is 5.27. The van der Waals surface area contributed by atoms with Crippen molar-refractivity contribution >= 4 is 39.9 Å². The van der Waals surface area contributed by atoms with E-state index in [1.807, 2.05) is 42.5 Å². The van der Waals surface area contributed by atoms with E-state index in [1.54, 1.807) is 18.2 Å². The quantitative estimate of drug-likeness (QED) is 0.581. The SMILES string of the molecule is O=C(COc1ccc2ccccc2c1)OCc1ccc(Cl)c(Cl)c1. The lowest BCUT2D eigenvalue weighted by atomic mass is 10.1. The van der Waals surface area contributed by atoms with Crippen LogP contribution in [0.5, 0.6) is 5.75 Å². The van der Waals surface area contributed by atoms with Crippen molar-refractivity contribution in [2.75, 3.05) is 6.61 Å². The number of carbonyl (C=O) groups excluding carboxylic acids is 1. The van der Waals surface area contributed by atoms with Crippen LogP contribution in [-0.4, -0.2) is 12.6 Å². The topological polar surface area (TPSA) is 35.5 Å². The van der Waals surface area contributed by atoms with Crippen molar-refractivity contribution in [3.8, 4) is 5.75 Å². The Morgan fingerprint density at radius 1 is 0.875 bits per heavy atom. The zero-order valence-corrected chi connectivity index (χ0v) is 14.2. The fourth-order valence-corrected chi connectivity index (χ4v) is 2.56. The van der Waals surface area contributed by atoms with Crippen LogP contribution >= 0.6 is 23.2 Å². The van der Waals surface area contributed by atoms with Gasteiger partial charge in [0.15, 0.2) is 6.61 Å². The summed E-state index contributed by atoms with van der Waals surface area (Å²) in [5.41, 5.74) is 0.767. The average molecular weight is 361 g/mol. The minimum Gasteiger partial charge on any atom is -0.482 e. The molecule has 0 saturated carbocycles. The van der Waals surface area contributed by atoms with Crippen molar-refractivity contribution in [1.82, 2.24) is 0 Å². The van der Waals surface area contributed by atoms with Gasteiger partial charge in [0.2, 0.25) is 0 Å². The molecule has 3 aromatic rings. The molecule has 0 aromatic heterocycles. The van der Waals surface area contributed by atoms with Crippen LogP contribution in [0.1, 0.15) is 5.56 Å². The molecule has 3 nitrogen and oxygen atoms in total. The Hall–Kier alpha value is -2.23. The molecule has 0 aliphatic rings. The second kappa shape index (κ2) is 7.56. The molecule has 0 radical (unpaired) electrons. The maximum atomic E-state index is 11.8. The third-order valence-electron chi connectivity index (χ3n) is 3.46. The second-order valence-electron chi connectivity index (χ2n) is 5.21. The highest BCUT2D eigenvalue weighted by Crippen LogP contribution is 2.23. The molecule has 0 bridgehead atoms. The number of hydrogen-bond acceptors (Lipinski definition) is 3. The van der Waals surface area contributed by atoms with Gasteiger partial charge < -0.3 is 9.47 Å². The summed E-state index contributed by atoms with van der Waals surface area (Å²) < 4.78 is 10.7. The van der Waals surface area contributed by atoms with Gasteiger partial charge in [-0.3, -0.25) is 0 Å². The summed E-state index contributed by atoms with van der Waals surface area (Å²) in [7, 11) is 0. The number of ether oxygens (including phenoxy) is 2. The molecule has 0 spiro atoms. The van der Waals surface area contributed by atoms with Gasteiger partial charge in [0.1, 0.15) is 12.4 Å². The first kappa shape index (κ1) is 16.6. The van der Waals surface area contributed by atoms with Crippen LogP contribution in [0.15, 0.2) is 60.7 Å². The van der Waals surface area contributed by atoms with Gasteiger partial charge in [-0.1, -0.05) is 59.6 Å². The summed E-state index contributed by atoms with van der Waals surface area (Å²) in [6.45, 7) is -0.0313. The van der Waals surface area contributed by atoms with E-state index in [0.717, 1.165) is 16.3 Å². The van der Waals surface area contributed by atoms with Gasteiger partial charge in [0, 0.05) is 0 Å². The molecule has 3 rings (SSSR count). The molecule has 24 heavy (non-hydrogen) atoms. The summed E-state index contributed by atoms with van der Waals surface area (Å²) >= 11 is 11.8. The molecular formula is C19H14Cl2O3. The Bertz CT molecular complexity index is 877. The van der Waals surface area contributed by atoms with Crippen LogP contribution in [0.3, 0.4) is 0 Å². The van der Waals surface area contributed by atoms with Gasteiger partial charge in [-0.25, -0.2) is 4.79 Å². The maximum absolute atomic E-state index is 11.8. The van der Waals surface area contributed by atoms with Crippen molar-refractivity contribution < 1.29 is 14.3 Å². The summed E-state index contributed by atoms with van der Waals surface area (Å²) in [6, 6.07) is 18.7. The molecule has 0 fully saturated rings. The highest BCUT2D eigenvalue weighted by atomic mass is 35.5. The Morgan fingerprint density at radius 2 is 1.67 bits per heavy atom. The molecule has 0 atom stereocenters. The Balaban J connectivity index is 1.53. The van der Waals surface area contributed by atoms with Gasteiger partial charge in [-0.15, -0.1) is 0 Å². The number of halogens is 2. The first-order chi connectivity index (χ1) is 11.6. The number of rotatable bonds is 5. The summed E-state index contributed by atoms with van der Waals surface area (Å²) in [5.74, 6) is 0.175. The summed E-state index contributed by atoms with van der Waals surface area (Å²) in [5, 5.41) is 3.07. The van der Waals surface area contributed by atoms with Crippen molar-refractivity contribution in [3.63, 3.8) is 0 Å². The molecule has 0 heterocycles. The van der Waals surface area contributed by atoms with Crippen molar-refractivity contribution in [2.24, 2.45) is 0 Å². The smallest absolute Gasteiger partial charge is 0.344 e. The Kier molecular flexibility index (Phi) is 5.24. The van der Waals surface area contributed by atoms with E-state index >= 15 is 0 Å². The number of benzene rings is 3. The van der Waals surface area contributed by atoms with E-state index in [4.69, 9.17) is 32.7 Å². The molecule has 3 aromatic carbocycles. The second-order valence-corrected chi connectivity index (χ2v) is 6.02. The van der Waals surface area contributed by atoms with E-state index in [2.05, 4.69) is 0 Å². The van der Waals surface area contributed by atoms with E-state index in [-0.39, 0.29) is 13.2 Å². The normalized spacial score (nSPS) is 10.6. The van der Waals surface area contributed by atoms with Crippen molar-refractivity contribution in [3.05, 3.63) is 76.3 Å². The van der Waals surface area contributed by atoms with E-state index < -0.39 is 5.97 Å². The lowest BCUT2D eigenvalue weighted by Gasteiger charge is -2.08. The molecular weight excluding hydrogens is 347 g/mol. The number of carbonyl (C=O) groups is 1. The minimum atomic E-state index is -0.450. The number of esters is 1. The third kappa shape index (κ3) is 4.19. The average Bonchev–Trinajstić information content (AvgIpc) is 2.60. The zero-order valence-electron chi connectivity index (χ0n) is 12.7. The van der Waals surface area contributed by atoms with Crippen LogP contribution in [0.2, 0.25) is 10.0 Å². The van der Waals surface area contributed by atoms with Gasteiger partial charge in [0.05, 0.1) is 10.0 Å². The van der Waals surface area contributed by atoms with Crippen LogP contribution in [0.25, 0.3) is 10.8 Å². The van der Waals surface area contributed by atoms with Crippen LogP contribution in [0, 0.1) is 0 Å². The van der Waals surface area contributed by atoms with Crippen LogP contribution in [-0.2, 0) is 16.1 Å². The standard InChI is InChI=1S/C19H14Cl2O3/c20-17-8-5-13(9-18(17)21)11-24-19(22)12-23-16-7-6-14-3-1-2-4-15(14)10-16/h1-10H,11-12H2. The van der Waals surface area contributed by atoms with Crippen molar-refractivity contribution in [2.45, 2.75) is 6.61 Å². The number of fused-ring (bicyclic) bond motifs is 1. The monoisotopic (exact) mass is 360 g/mol. The summed E-state index contributed by atoms with van der Waals surface area (Å²) in [4.78, 5) is 11.8. The fraction of sp³-hybridized carbons (Fsp3) is 0.105. The van der Waals surface area contributed by atoms with Gasteiger partial charge in [-0.2, -0.15) is 0 Å². The van der Waals surface area contributed by atoms with Gasteiger partial charge in [0.25, 0.3) is 0 Å². The van der Waals surface area contributed by atoms with Crippen LogP contribution in [0.4, 0.5) is 0 Å². The molecule has 5 heteroatoms. The molecule has 0 aliphatic carbocycles. The molecule has 0 aliphatic heterocycles. The third-order valence-corrected chi connectivity index (χ3v) is 4.20. The molecule has 0 amide bonds. The Morgan fingerprint density at radius 3 is 2.46 bits per heavy atom. The first-order valence-corrected chi connectivity index (χ1v) is 8.08. The Labute approximate surface area is 149 Å². The molecule has 0 N–H and O–H groups in total. The fourth-order valence-electron chi connectivity index (χ4n) is 2.23. The molecule has 122 valence electrons. The van der Waals surface area contributed by atoms with Crippen LogP contribution < -0.4 is 4.74 Å².